The molecule has 132 valence electrons. The van der Waals surface area contributed by atoms with Crippen LogP contribution in [0.2, 0.25) is 0 Å². The summed E-state index contributed by atoms with van der Waals surface area (Å²) in [6, 6.07) is 0. The minimum atomic E-state index is -0.925. The summed E-state index contributed by atoms with van der Waals surface area (Å²) in [5.41, 5.74) is -0.924. The first kappa shape index (κ1) is 15.7. The molecule has 24 heavy (non-hydrogen) atoms. The molecular weight excluding hydrogens is 300 g/mol. The van der Waals surface area contributed by atoms with E-state index in [0.717, 1.165) is 51.4 Å². The molecule has 0 aromatic heterocycles. The van der Waals surface area contributed by atoms with Crippen LogP contribution in [0.25, 0.3) is 0 Å². The molecular formula is C21H30O3. The number of aliphatic hydroxyl groups is 2. The van der Waals surface area contributed by atoms with Gasteiger partial charge in [0.1, 0.15) is 11.2 Å². The van der Waals surface area contributed by atoms with Gasteiger partial charge in [-0.3, -0.25) is 0 Å². The molecule has 4 saturated carbocycles. The van der Waals surface area contributed by atoms with Gasteiger partial charge in [0.2, 0.25) is 0 Å². The maximum Gasteiger partial charge on any atom is 0.130 e. The minimum absolute atomic E-state index is 0.0550. The fourth-order valence-electron chi connectivity index (χ4n) is 7.91. The summed E-state index contributed by atoms with van der Waals surface area (Å²) in [7, 11) is 0. The fraction of sp³-hybridized carbons (Fsp3) is 0.905. The van der Waals surface area contributed by atoms with Gasteiger partial charge in [-0.15, -0.1) is 6.42 Å². The Morgan fingerprint density at radius 2 is 1.71 bits per heavy atom. The molecule has 1 saturated heterocycles. The number of terminal acetylenes is 1. The summed E-state index contributed by atoms with van der Waals surface area (Å²) in [5.74, 6) is 4.55. The maximum atomic E-state index is 11.1. The van der Waals surface area contributed by atoms with E-state index in [1.165, 1.54) is 0 Å². The van der Waals surface area contributed by atoms with Gasteiger partial charge < -0.3 is 14.9 Å². The Hall–Kier alpha value is -0.560. The lowest BCUT2D eigenvalue weighted by Gasteiger charge is -2.59. The highest BCUT2D eigenvalue weighted by molar-refractivity contribution is 5.28. The van der Waals surface area contributed by atoms with Crippen molar-refractivity contribution in [2.75, 3.05) is 0 Å². The van der Waals surface area contributed by atoms with Crippen molar-refractivity contribution in [1.82, 2.24) is 0 Å². The normalized spacial score (nSPS) is 64.2. The van der Waals surface area contributed by atoms with E-state index in [1.54, 1.807) is 0 Å². The Balaban J connectivity index is 1.52. The molecule has 0 unspecified atom stereocenters. The van der Waals surface area contributed by atoms with E-state index >= 15 is 0 Å². The van der Waals surface area contributed by atoms with Gasteiger partial charge in [-0.25, -0.2) is 0 Å². The second kappa shape index (κ2) is 4.40. The van der Waals surface area contributed by atoms with Gasteiger partial charge in [-0.2, -0.15) is 0 Å². The second-order valence-corrected chi connectivity index (χ2v) is 9.92. The number of rotatable bonds is 0. The Morgan fingerprint density at radius 3 is 2.46 bits per heavy atom. The van der Waals surface area contributed by atoms with Crippen molar-refractivity contribution in [2.24, 2.45) is 28.6 Å². The van der Waals surface area contributed by atoms with Crippen LogP contribution in [0.4, 0.5) is 0 Å². The van der Waals surface area contributed by atoms with Crippen LogP contribution >= 0.6 is 0 Å². The van der Waals surface area contributed by atoms with E-state index in [2.05, 4.69) is 19.8 Å². The van der Waals surface area contributed by atoms with Crippen molar-refractivity contribution in [1.29, 1.82) is 0 Å². The van der Waals surface area contributed by atoms with E-state index in [9.17, 15) is 10.2 Å². The Labute approximate surface area is 145 Å². The number of aliphatic hydroxyl groups excluding tert-OH is 1. The van der Waals surface area contributed by atoms with Crippen LogP contribution in [-0.4, -0.2) is 33.6 Å². The molecule has 1 aliphatic heterocycles. The lowest BCUT2D eigenvalue weighted by Crippen LogP contribution is -2.60. The summed E-state index contributed by atoms with van der Waals surface area (Å²) in [6.07, 6.45) is 13.8. The highest BCUT2D eigenvalue weighted by atomic mass is 16.6. The molecule has 0 radical (unpaired) electrons. The Morgan fingerprint density at radius 1 is 1.04 bits per heavy atom. The molecule has 5 rings (SSSR count). The number of fused-ring (bicyclic) bond motifs is 4. The zero-order valence-electron chi connectivity index (χ0n) is 14.9. The third kappa shape index (κ3) is 1.53. The zero-order chi connectivity index (χ0) is 17.0. The molecule has 5 fully saturated rings. The molecule has 1 spiro atoms. The second-order valence-electron chi connectivity index (χ2n) is 9.92. The molecule has 0 aromatic rings. The largest absolute Gasteiger partial charge is 0.393 e. The predicted molar refractivity (Wildman–Crippen MR) is 91.0 cm³/mol. The summed E-state index contributed by atoms with van der Waals surface area (Å²) < 4.78 is 6.33. The van der Waals surface area contributed by atoms with Crippen LogP contribution in [0.5, 0.6) is 0 Å². The molecule has 4 aliphatic carbocycles. The highest BCUT2D eigenvalue weighted by Gasteiger charge is 2.76. The first-order valence-electron chi connectivity index (χ1n) is 9.86. The van der Waals surface area contributed by atoms with Gasteiger partial charge in [0.05, 0.1) is 12.2 Å². The van der Waals surface area contributed by atoms with Gasteiger partial charge in [0.25, 0.3) is 0 Å². The van der Waals surface area contributed by atoms with E-state index in [1.807, 2.05) is 0 Å². The quantitative estimate of drug-likeness (QED) is 0.530. The lowest BCUT2D eigenvalue weighted by molar-refractivity contribution is -0.133. The average molecular weight is 330 g/mol. The molecule has 0 amide bonds. The molecule has 0 aromatic carbocycles. The van der Waals surface area contributed by atoms with Crippen LogP contribution in [0, 0.1) is 40.9 Å². The Bertz CT molecular complexity index is 625. The molecule has 3 nitrogen and oxygen atoms in total. The number of hydrogen-bond donors (Lipinski definition) is 2. The van der Waals surface area contributed by atoms with Crippen LogP contribution in [0.3, 0.4) is 0 Å². The number of ether oxygens (including phenoxy) is 1. The SMILES string of the molecule is C#C[C@]1(O)CC[C@@H]2[C@@H]3C[C@@H]4O[C@@]45C[C@H](O)CC[C@]5(C)[C@H]3CC[C@@]21C. The van der Waals surface area contributed by atoms with Crippen LogP contribution in [-0.2, 0) is 4.74 Å². The lowest BCUT2D eigenvalue weighted by atomic mass is 9.44. The molecule has 0 bridgehead atoms. The van der Waals surface area contributed by atoms with Crippen molar-refractivity contribution < 1.29 is 14.9 Å². The average Bonchev–Trinajstić information content (AvgIpc) is 3.17. The molecule has 5 aliphatic rings. The molecule has 3 heteroatoms. The van der Waals surface area contributed by atoms with E-state index < -0.39 is 5.60 Å². The smallest absolute Gasteiger partial charge is 0.130 e. The third-order valence-electron chi connectivity index (χ3n) is 9.45. The van der Waals surface area contributed by atoms with Gasteiger partial charge in [-0.1, -0.05) is 19.8 Å². The van der Waals surface area contributed by atoms with Crippen molar-refractivity contribution in [3.63, 3.8) is 0 Å². The summed E-state index contributed by atoms with van der Waals surface area (Å²) >= 11 is 0. The van der Waals surface area contributed by atoms with Gasteiger partial charge in [-0.05, 0) is 62.7 Å². The first-order valence-corrected chi connectivity index (χ1v) is 9.86. The first-order chi connectivity index (χ1) is 11.3. The highest BCUT2D eigenvalue weighted by Crippen LogP contribution is 2.74. The fourth-order valence-corrected chi connectivity index (χ4v) is 7.91. The monoisotopic (exact) mass is 330 g/mol. The zero-order valence-corrected chi connectivity index (χ0v) is 14.9. The maximum absolute atomic E-state index is 11.1. The van der Waals surface area contributed by atoms with Crippen molar-refractivity contribution in [3.8, 4) is 12.3 Å². The molecule has 9 atom stereocenters. The summed E-state index contributed by atoms with van der Waals surface area (Å²) in [4.78, 5) is 0. The number of hydrogen-bond acceptors (Lipinski definition) is 3. The topological polar surface area (TPSA) is 53.0 Å². The van der Waals surface area contributed by atoms with Crippen LogP contribution in [0.15, 0.2) is 0 Å². The van der Waals surface area contributed by atoms with E-state index in [0.29, 0.717) is 23.9 Å². The van der Waals surface area contributed by atoms with Crippen molar-refractivity contribution in [2.45, 2.75) is 88.6 Å². The van der Waals surface area contributed by atoms with Gasteiger partial charge in [0, 0.05) is 17.3 Å². The van der Waals surface area contributed by atoms with E-state index in [-0.39, 0.29) is 22.5 Å². The van der Waals surface area contributed by atoms with Gasteiger partial charge in [0.15, 0.2) is 0 Å². The van der Waals surface area contributed by atoms with Crippen molar-refractivity contribution >= 4 is 0 Å². The van der Waals surface area contributed by atoms with Gasteiger partial charge >= 0.3 is 0 Å². The standard InChI is InChI=1S/C21H30O3/c1-4-20(23)10-7-15-14-11-17-21(24-17)12-13(22)5-8-19(21,3)16(14)6-9-18(15,20)2/h1,13-17,22-23H,5-12H2,2-3H3/t13-,14+,15-,16+,17+,18+,19-,20+,21+/m1/s1. The summed E-state index contributed by atoms with van der Waals surface area (Å²) in [6.45, 7) is 4.67. The van der Waals surface area contributed by atoms with Crippen molar-refractivity contribution in [3.05, 3.63) is 0 Å². The van der Waals surface area contributed by atoms with Crippen LogP contribution in [0.1, 0.15) is 65.2 Å². The molecule has 1 heterocycles. The predicted octanol–water partition coefficient (Wildman–Crippen LogP) is 2.89. The Kier molecular flexibility index (Phi) is 2.87. The van der Waals surface area contributed by atoms with E-state index in [4.69, 9.17) is 11.2 Å². The third-order valence-corrected chi connectivity index (χ3v) is 9.45. The molecule has 2 N–H and O–H groups in total. The minimum Gasteiger partial charge on any atom is -0.393 e. The van der Waals surface area contributed by atoms with Crippen LogP contribution < -0.4 is 0 Å². The number of epoxide rings is 1. The summed E-state index contributed by atoms with van der Waals surface area (Å²) in [5, 5.41) is 21.3.